The highest BCUT2D eigenvalue weighted by atomic mass is 19.4. The highest BCUT2D eigenvalue weighted by molar-refractivity contribution is 5.79. The summed E-state index contributed by atoms with van der Waals surface area (Å²) in [6.45, 7) is 11.0. The number of piperidine rings is 1. The van der Waals surface area contributed by atoms with Crippen LogP contribution < -0.4 is 5.32 Å². The van der Waals surface area contributed by atoms with Crippen molar-refractivity contribution in [1.29, 1.82) is 0 Å². The average Bonchev–Trinajstić information content (AvgIpc) is 2.98. The number of rotatable bonds is 5. The smallest absolute Gasteiger partial charge is 0.341 e. The van der Waals surface area contributed by atoms with Crippen LogP contribution in [-0.2, 0) is 12.7 Å². The van der Waals surface area contributed by atoms with E-state index in [4.69, 9.17) is 0 Å². The van der Waals surface area contributed by atoms with E-state index < -0.39 is 11.7 Å². The highest BCUT2D eigenvalue weighted by Gasteiger charge is 2.44. The van der Waals surface area contributed by atoms with Gasteiger partial charge in [-0.15, -0.1) is 0 Å². The molecule has 2 unspecified atom stereocenters. The fourth-order valence-electron chi connectivity index (χ4n) is 4.43. The Bertz CT molecular complexity index is 826. The first-order valence-electron chi connectivity index (χ1n) is 9.88. The highest BCUT2D eigenvalue weighted by Crippen LogP contribution is 2.35. The molecule has 2 atom stereocenters. The molecule has 3 saturated heterocycles. The number of alkyl halides is 3. The predicted octanol–water partition coefficient (Wildman–Crippen LogP) is 3.23. The molecule has 3 aliphatic heterocycles. The predicted molar refractivity (Wildman–Crippen MR) is 103 cm³/mol. The Morgan fingerprint density at radius 2 is 1.89 bits per heavy atom. The number of para-hydroxylation sites is 1. The number of aromatic nitrogens is 2. The molecule has 5 nitrogen and oxygen atoms in total. The van der Waals surface area contributed by atoms with Crippen molar-refractivity contribution in [3.8, 4) is 0 Å². The van der Waals surface area contributed by atoms with E-state index >= 15 is 0 Å². The molecule has 0 amide bonds. The first kappa shape index (κ1) is 19.7. The molecule has 8 heteroatoms. The maximum atomic E-state index is 13.2. The van der Waals surface area contributed by atoms with Gasteiger partial charge < -0.3 is 10.3 Å². The SMILES string of the molecule is CC(C)(C)NCCN1C2CC1CN(Cc1nc3c(C(F)(F)F)cccc3[nH]1)C2. The number of benzene rings is 1. The molecule has 2 aromatic rings. The summed E-state index contributed by atoms with van der Waals surface area (Å²) in [6.07, 6.45) is -3.18. The maximum absolute atomic E-state index is 13.2. The van der Waals surface area contributed by atoms with Crippen LogP contribution in [0.2, 0.25) is 0 Å². The van der Waals surface area contributed by atoms with Crippen molar-refractivity contribution in [3.05, 3.63) is 29.6 Å². The van der Waals surface area contributed by atoms with Crippen LogP contribution >= 0.6 is 0 Å². The summed E-state index contributed by atoms with van der Waals surface area (Å²) in [6, 6.07) is 5.24. The Hall–Kier alpha value is -1.64. The third-order valence-electron chi connectivity index (χ3n) is 5.69. The zero-order valence-corrected chi connectivity index (χ0v) is 16.6. The van der Waals surface area contributed by atoms with Gasteiger partial charge in [0.25, 0.3) is 0 Å². The second-order valence-corrected chi connectivity index (χ2v) is 9.04. The van der Waals surface area contributed by atoms with Gasteiger partial charge in [0.15, 0.2) is 0 Å². The average molecular weight is 395 g/mol. The van der Waals surface area contributed by atoms with Crippen molar-refractivity contribution in [1.82, 2.24) is 25.1 Å². The molecule has 2 bridgehead atoms. The van der Waals surface area contributed by atoms with Crippen LogP contribution in [-0.4, -0.2) is 63.6 Å². The van der Waals surface area contributed by atoms with Crippen molar-refractivity contribution in [2.45, 2.75) is 57.5 Å². The minimum Gasteiger partial charge on any atom is -0.341 e. The van der Waals surface area contributed by atoms with Crippen LogP contribution in [0.5, 0.6) is 0 Å². The summed E-state index contributed by atoms with van der Waals surface area (Å²) in [5, 5.41) is 3.53. The molecule has 0 aliphatic carbocycles. The molecule has 154 valence electrons. The van der Waals surface area contributed by atoms with Gasteiger partial charge in [0.05, 0.1) is 17.6 Å². The summed E-state index contributed by atoms with van der Waals surface area (Å²) < 4.78 is 39.6. The van der Waals surface area contributed by atoms with Gasteiger partial charge in [0.2, 0.25) is 0 Å². The molecule has 0 radical (unpaired) electrons. The van der Waals surface area contributed by atoms with Gasteiger partial charge in [0.1, 0.15) is 11.3 Å². The summed E-state index contributed by atoms with van der Waals surface area (Å²) in [5.41, 5.74) is -0.0850. The van der Waals surface area contributed by atoms with E-state index in [2.05, 4.69) is 45.9 Å². The lowest BCUT2D eigenvalue weighted by atomic mass is 9.87. The number of hydrogen-bond donors (Lipinski definition) is 2. The first-order chi connectivity index (χ1) is 13.1. The van der Waals surface area contributed by atoms with Crippen molar-refractivity contribution < 1.29 is 13.2 Å². The van der Waals surface area contributed by atoms with Crippen LogP contribution in [0, 0.1) is 0 Å². The minimum atomic E-state index is -4.39. The monoisotopic (exact) mass is 395 g/mol. The van der Waals surface area contributed by atoms with E-state index in [1.54, 1.807) is 6.07 Å². The minimum absolute atomic E-state index is 0.0158. The van der Waals surface area contributed by atoms with Gasteiger partial charge in [-0.05, 0) is 39.3 Å². The van der Waals surface area contributed by atoms with Gasteiger partial charge >= 0.3 is 6.18 Å². The number of piperazine rings is 1. The maximum Gasteiger partial charge on any atom is 0.418 e. The number of aromatic amines is 1. The number of H-pyrrole nitrogens is 1. The third-order valence-corrected chi connectivity index (χ3v) is 5.69. The molecule has 3 aliphatic rings. The van der Waals surface area contributed by atoms with Crippen molar-refractivity contribution in [3.63, 3.8) is 0 Å². The van der Waals surface area contributed by atoms with E-state index in [1.807, 2.05) is 0 Å². The van der Waals surface area contributed by atoms with Crippen LogP contribution in [0.1, 0.15) is 38.6 Å². The number of nitrogens with one attached hydrogen (secondary N) is 2. The van der Waals surface area contributed by atoms with Gasteiger partial charge in [-0.2, -0.15) is 13.2 Å². The lowest BCUT2D eigenvalue weighted by Crippen LogP contribution is -2.69. The molecule has 3 fully saturated rings. The molecule has 28 heavy (non-hydrogen) atoms. The lowest BCUT2D eigenvalue weighted by molar-refractivity contribution is -0.136. The molecule has 4 heterocycles. The molecule has 5 rings (SSSR count). The summed E-state index contributed by atoms with van der Waals surface area (Å²) in [7, 11) is 0. The Morgan fingerprint density at radius 3 is 2.54 bits per heavy atom. The normalized spacial score (nSPS) is 23.9. The number of fused-ring (bicyclic) bond motifs is 3. The van der Waals surface area contributed by atoms with Crippen LogP contribution in [0.3, 0.4) is 0 Å². The molecule has 2 N–H and O–H groups in total. The van der Waals surface area contributed by atoms with Crippen molar-refractivity contribution in [2.75, 3.05) is 26.2 Å². The molecular weight excluding hydrogens is 367 g/mol. The zero-order valence-electron chi connectivity index (χ0n) is 16.6. The lowest BCUT2D eigenvalue weighted by Gasteiger charge is -2.56. The third kappa shape index (κ3) is 4.04. The Balaban J connectivity index is 1.37. The van der Waals surface area contributed by atoms with Gasteiger partial charge in [-0.25, -0.2) is 4.98 Å². The molecule has 1 aromatic carbocycles. The van der Waals surface area contributed by atoms with Crippen LogP contribution in [0.4, 0.5) is 13.2 Å². The number of imidazole rings is 1. The number of halogens is 3. The standard InChI is InChI=1S/C20H28F3N5/c1-19(2,3)24-7-8-28-13-9-14(28)11-27(10-13)12-17-25-16-6-4-5-15(18(16)26-17)20(21,22)23/h4-6,13-14,24H,7-12H2,1-3H3,(H,25,26). The van der Waals surface area contributed by atoms with Gasteiger partial charge in [0, 0.05) is 43.8 Å². The Kier molecular flexibility index (Phi) is 4.92. The quantitative estimate of drug-likeness (QED) is 0.816. The van der Waals surface area contributed by atoms with E-state index in [0.717, 1.165) is 32.2 Å². The molecule has 0 saturated carbocycles. The van der Waals surface area contributed by atoms with E-state index in [1.165, 1.54) is 12.5 Å². The first-order valence-corrected chi connectivity index (χ1v) is 9.88. The zero-order chi connectivity index (χ0) is 20.1. The second-order valence-electron chi connectivity index (χ2n) is 9.04. The Morgan fingerprint density at radius 1 is 1.18 bits per heavy atom. The summed E-state index contributed by atoms with van der Waals surface area (Å²) >= 11 is 0. The summed E-state index contributed by atoms with van der Waals surface area (Å²) in [5.74, 6) is 0.606. The molecule has 1 aromatic heterocycles. The van der Waals surface area contributed by atoms with E-state index in [0.29, 0.717) is 30.0 Å². The molecule has 0 spiro atoms. The second kappa shape index (κ2) is 7.00. The number of nitrogens with zero attached hydrogens (tertiary/aromatic N) is 3. The van der Waals surface area contributed by atoms with Crippen molar-refractivity contribution in [2.24, 2.45) is 0 Å². The van der Waals surface area contributed by atoms with Crippen molar-refractivity contribution >= 4 is 11.0 Å². The van der Waals surface area contributed by atoms with Crippen LogP contribution in [0.25, 0.3) is 11.0 Å². The van der Waals surface area contributed by atoms with E-state index in [9.17, 15) is 13.2 Å². The fourth-order valence-corrected chi connectivity index (χ4v) is 4.43. The van der Waals surface area contributed by atoms with Gasteiger partial charge in [-0.3, -0.25) is 9.80 Å². The molecular formula is C20H28F3N5. The van der Waals surface area contributed by atoms with E-state index in [-0.39, 0.29) is 11.1 Å². The largest absolute Gasteiger partial charge is 0.418 e. The van der Waals surface area contributed by atoms with Crippen LogP contribution in [0.15, 0.2) is 18.2 Å². The van der Waals surface area contributed by atoms with Gasteiger partial charge in [-0.1, -0.05) is 6.07 Å². The Labute approximate surface area is 163 Å². The number of hydrogen-bond acceptors (Lipinski definition) is 4. The summed E-state index contributed by atoms with van der Waals surface area (Å²) in [4.78, 5) is 12.2. The fraction of sp³-hybridized carbons (Fsp3) is 0.650. The topological polar surface area (TPSA) is 47.2 Å².